The van der Waals surface area contributed by atoms with Crippen molar-refractivity contribution in [2.24, 2.45) is 0 Å². The van der Waals surface area contributed by atoms with Crippen LogP contribution in [0.3, 0.4) is 0 Å². The quantitative estimate of drug-likeness (QED) is 0.655. The van der Waals surface area contributed by atoms with Crippen LogP contribution in [0, 0.1) is 0 Å². The summed E-state index contributed by atoms with van der Waals surface area (Å²) in [5.41, 5.74) is 1.08. The zero-order valence-electron chi connectivity index (χ0n) is 12.2. The molecule has 21 heavy (non-hydrogen) atoms. The Bertz CT molecular complexity index is 554. The Morgan fingerprint density at radius 3 is 3.10 bits per heavy atom. The Morgan fingerprint density at radius 1 is 1.19 bits per heavy atom. The van der Waals surface area contributed by atoms with Gasteiger partial charge in [0.2, 0.25) is 0 Å². The lowest BCUT2D eigenvalue weighted by atomic mass is 10.2. The predicted molar refractivity (Wildman–Crippen MR) is 84.2 cm³/mol. The lowest BCUT2D eigenvalue weighted by Gasteiger charge is -2.07. The minimum absolute atomic E-state index is 0.819. The Balaban J connectivity index is 1.42. The molecule has 0 spiro atoms. The topological polar surface area (TPSA) is 55.6 Å². The summed E-state index contributed by atoms with van der Waals surface area (Å²) in [4.78, 5) is 4.30. The number of nitrogens with one attached hydrogen (secondary N) is 1. The van der Waals surface area contributed by atoms with Gasteiger partial charge in [0, 0.05) is 38.0 Å². The molecule has 0 radical (unpaired) electrons. The van der Waals surface area contributed by atoms with E-state index in [1.807, 2.05) is 24.4 Å². The van der Waals surface area contributed by atoms with E-state index in [0.29, 0.717) is 0 Å². The van der Waals surface area contributed by atoms with Gasteiger partial charge in [0.05, 0.1) is 5.69 Å². The highest BCUT2D eigenvalue weighted by atomic mass is 32.2. The van der Waals surface area contributed by atoms with Gasteiger partial charge in [-0.25, -0.2) is 0 Å². The van der Waals surface area contributed by atoms with E-state index < -0.39 is 0 Å². The minimum atomic E-state index is 0.819. The first kappa shape index (κ1) is 14.5. The van der Waals surface area contributed by atoms with Crippen LogP contribution in [0.1, 0.15) is 30.8 Å². The van der Waals surface area contributed by atoms with Gasteiger partial charge < -0.3 is 9.88 Å². The van der Waals surface area contributed by atoms with Crippen molar-refractivity contribution < 1.29 is 0 Å². The highest BCUT2D eigenvalue weighted by molar-refractivity contribution is 7.99. The maximum absolute atomic E-state index is 4.33. The van der Waals surface area contributed by atoms with Crippen molar-refractivity contribution in [3.63, 3.8) is 0 Å². The summed E-state index contributed by atoms with van der Waals surface area (Å²) in [6, 6.07) is 6.00. The Morgan fingerprint density at radius 2 is 2.19 bits per heavy atom. The van der Waals surface area contributed by atoms with Crippen LogP contribution < -0.4 is 5.32 Å². The van der Waals surface area contributed by atoms with E-state index in [0.717, 1.165) is 48.5 Å². The van der Waals surface area contributed by atoms with Gasteiger partial charge in [-0.15, -0.1) is 10.2 Å². The number of aryl methyl sites for hydroxylation is 1. The van der Waals surface area contributed by atoms with Crippen molar-refractivity contribution in [3.05, 3.63) is 35.9 Å². The van der Waals surface area contributed by atoms with E-state index >= 15 is 0 Å². The van der Waals surface area contributed by atoms with Crippen LogP contribution >= 0.6 is 11.8 Å². The summed E-state index contributed by atoms with van der Waals surface area (Å²) in [5, 5.41) is 13.1. The minimum Gasteiger partial charge on any atom is -0.310 e. The number of hydrogen-bond donors (Lipinski definition) is 1. The van der Waals surface area contributed by atoms with E-state index in [-0.39, 0.29) is 0 Å². The first-order valence-corrected chi connectivity index (χ1v) is 8.57. The van der Waals surface area contributed by atoms with Crippen molar-refractivity contribution in [1.82, 2.24) is 25.1 Å². The largest absolute Gasteiger partial charge is 0.310 e. The maximum Gasteiger partial charge on any atom is 0.191 e. The van der Waals surface area contributed by atoms with Crippen LogP contribution in [0.5, 0.6) is 0 Å². The fourth-order valence-corrected chi connectivity index (χ4v) is 3.38. The molecule has 2 aromatic rings. The number of aromatic nitrogens is 4. The summed E-state index contributed by atoms with van der Waals surface area (Å²) in [5.74, 6) is 2.17. The number of pyridine rings is 1. The Labute approximate surface area is 129 Å². The third kappa shape index (κ3) is 4.04. The number of hydrogen-bond acceptors (Lipinski definition) is 5. The zero-order valence-corrected chi connectivity index (χ0v) is 13.0. The number of rotatable bonds is 6. The smallest absolute Gasteiger partial charge is 0.191 e. The fraction of sp³-hybridized carbons (Fsp3) is 0.533. The average molecular weight is 303 g/mol. The lowest BCUT2D eigenvalue weighted by Crippen LogP contribution is -2.17. The molecule has 3 rings (SSSR count). The summed E-state index contributed by atoms with van der Waals surface area (Å²) in [7, 11) is 0. The molecule has 1 aliphatic heterocycles. The van der Waals surface area contributed by atoms with Gasteiger partial charge >= 0.3 is 0 Å². The molecule has 1 N–H and O–H groups in total. The number of thioether (sulfide) groups is 1. The van der Waals surface area contributed by atoms with E-state index in [2.05, 4.69) is 25.1 Å². The fourth-order valence-electron chi connectivity index (χ4n) is 2.50. The Kier molecular flexibility index (Phi) is 5.23. The maximum atomic E-state index is 4.33. The van der Waals surface area contributed by atoms with Crippen LogP contribution in [0.4, 0.5) is 0 Å². The van der Waals surface area contributed by atoms with E-state index in [1.165, 1.54) is 19.3 Å². The van der Waals surface area contributed by atoms with Gasteiger partial charge in [0.15, 0.2) is 5.16 Å². The molecule has 0 aromatic carbocycles. The molecule has 112 valence electrons. The molecule has 0 aliphatic carbocycles. The number of nitrogens with zero attached hydrogens (tertiary/aromatic N) is 4. The molecule has 1 aliphatic rings. The molecule has 0 bridgehead atoms. The molecule has 5 nitrogen and oxygen atoms in total. The monoisotopic (exact) mass is 303 g/mol. The van der Waals surface area contributed by atoms with Gasteiger partial charge in [0.25, 0.3) is 0 Å². The van der Waals surface area contributed by atoms with Crippen LogP contribution in [0.25, 0.3) is 0 Å². The van der Waals surface area contributed by atoms with Gasteiger partial charge in [-0.1, -0.05) is 24.2 Å². The van der Waals surface area contributed by atoms with E-state index in [9.17, 15) is 0 Å². The second kappa shape index (κ2) is 7.56. The number of fused-ring (bicyclic) bond motifs is 1. The van der Waals surface area contributed by atoms with Crippen molar-refractivity contribution in [2.75, 3.05) is 12.3 Å². The van der Waals surface area contributed by atoms with Crippen LogP contribution in [-0.4, -0.2) is 32.0 Å². The highest BCUT2D eigenvalue weighted by Crippen LogP contribution is 2.21. The average Bonchev–Trinajstić information content (AvgIpc) is 2.76. The first-order chi connectivity index (χ1) is 10.4. The SMILES string of the molecule is c1ccc(CNCCSc2nnc3n2CCCCC3)nc1. The molecule has 0 amide bonds. The van der Waals surface area contributed by atoms with E-state index in [1.54, 1.807) is 11.8 Å². The third-order valence-electron chi connectivity index (χ3n) is 3.62. The van der Waals surface area contributed by atoms with Crippen molar-refractivity contribution in [1.29, 1.82) is 0 Å². The van der Waals surface area contributed by atoms with Crippen LogP contribution in [0.15, 0.2) is 29.6 Å². The van der Waals surface area contributed by atoms with Gasteiger partial charge in [-0.05, 0) is 25.0 Å². The molecule has 0 fully saturated rings. The standard InChI is InChI=1S/C15H21N5S/c1-2-7-14-18-19-15(20(14)10-5-1)21-11-9-16-12-13-6-3-4-8-17-13/h3-4,6,8,16H,1-2,5,7,9-12H2. The molecule has 3 heterocycles. The van der Waals surface area contributed by atoms with Gasteiger partial charge in [-0.2, -0.15) is 0 Å². The summed E-state index contributed by atoms with van der Waals surface area (Å²) < 4.78 is 2.30. The Hall–Kier alpha value is -1.40. The van der Waals surface area contributed by atoms with Gasteiger partial charge in [-0.3, -0.25) is 4.98 Å². The van der Waals surface area contributed by atoms with Gasteiger partial charge in [0.1, 0.15) is 5.82 Å². The van der Waals surface area contributed by atoms with Crippen molar-refractivity contribution >= 4 is 11.8 Å². The molecule has 2 aromatic heterocycles. The normalized spacial score (nSPS) is 14.7. The van der Waals surface area contributed by atoms with Crippen LogP contribution in [0.2, 0.25) is 0 Å². The zero-order chi connectivity index (χ0) is 14.3. The second-order valence-corrected chi connectivity index (χ2v) is 6.27. The van der Waals surface area contributed by atoms with E-state index in [4.69, 9.17) is 0 Å². The highest BCUT2D eigenvalue weighted by Gasteiger charge is 2.14. The summed E-state index contributed by atoms with van der Waals surface area (Å²) in [6.45, 7) is 2.84. The van der Waals surface area contributed by atoms with Crippen LogP contribution in [-0.2, 0) is 19.5 Å². The van der Waals surface area contributed by atoms with Crippen molar-refractivity contribution in [2.45, 2.75) is 43.9 Å². The third-order valence-corrected chi connectivity index (χ3v) is 4.59. The summed E-state index contributed by atoms with van der Waals surface area (Å²) in [6.07, 6.45) is 6.70. The lowest BCUT2D eigenvalue weighted by molar-refractivity contribution is 0.590. The molecule has 0 unspecified atom stereocenters. The second-order valence-electron chi connectivity index (χ2n) is 5.21. The predicted octanol–water partition coefficient (Wildman–Crippen LogP) is 2.28. The molecule has 0 saturated carbocycles. The molecule has 0 saturated heterocycles. The molecule has 0 atom stereocenters. The van der Waals surface area contributed by atoms with Crippen molar-refractivity contribution in [3.8, 4) is 0 Å². The summed E-state index contributed by atoms with van der Waals surface area (Å²) >= 11 is 1.79. The molecular formula is C15H21N5S. The molecule has 6 heteroatoms. The molecular weight excluding hydrogens is 282 g/mol. The first-order valence-electron chi connectivity index (χ1n) is 7.59.